The molecular formula is C39H72. The first-order valence-electron chi connectivity index (χ1n) is 18.8. The van der Waals surface area contributed by atoms with E-state index in [4.69, 9.17) is 0 Å². The van der Waals surface area contributed by atoms with Crippen LogP contribution in [0.1, 0.15) is 165 Å². The number of hydrogen-bond donors (Lipinski definition) is 0. The summed E-state index contributed by atoms with van der Waals surface area (Å²) in [6.07, 6.45) is 25.8. The van der Waals surface area contributed by atoms with Crippen molar-refractivity contribution in [2.75, 3.05) is 0 Å². The third-order valence-electron chi connectivity index (χ3n) is 14.3. The molecule has 0 aliphatic heterocycles. The van der Waals surface area contributed by atoms with Crippen molar-refractivity contribution in [3.05, 3.63) is 0 Å². The number of hydrogen-bond acceptors (Lipinski definition) is 0. The molecule has 0 spiro atoms. The predicted molar refractivity (Wildman–Crippen MR) is 173 cm³/mol. The average molecular weight is 541 g/mol. The van der Waals surface area contributed by atoms with E-state index in [9.17, 15) is 0 Å². The molecule has 12 unspecified atom stereocenters. The van der Waals surface area contributed by atoms with Crippen LogP contribution in [0.5, 0.6) is 0 Å². The molecule has 0 aromatic rings. The summed E-state index contributed by atoms with van der Waals surface area (Å²) in [5.41, 5.74) is 0. The molecule has 5 fully saturated rings. The molecule has 0 saturated heterocycles. The van der Waals surface area contributed by atoms with Gasteiger partial charge < -0.3 is 0 Å². The predicted octanol–water partition coefficient (Wildman–Crippen LogP) is 12.5. The van der Waals surface area contributed by atoms with Gasteiger partial charge in [-0.2, -0.15) is 0 Å². The first-order chi connectivity index (χ1) is 18.8. The highest BCUT2D eigenvalue weighted by atomic mass is 14.5. The Balaban J connectivity index is 0.000000202. The van der Waals surface area contributed by atoms with Crippen molar-refractivity contribution in [2.24, 2.45) is 82.9 Å². The smallest absolute Gasteiger partial charge is 0.0324 e. The van der Waals surface area contributed by atoms with Gasteiger partial charge in [0.25, 0.3) is 0 Å². The van der Waals surface area contributed by atoms with Gasteiger partial charge in [-0.15, -0.1) is 0 Å². The SMILES string of the molecule is CC1CCC(C2CC(C)C(C)C(C)C2)C1.CCCCC1C(C)CC2CCCC2C1C1CCC(CC)C(CC)C1. The van der Waals surface area contributed by atoms with Gasteiger partial charge in [-0.05, 0) is 147 Å². The minimum absolute atomic E-state index is 0.958. The fraction of sp³-hybridized carbons (Fsp3) is 1.00. The van der Waals surface area contributed by atoms with Gasteiger partial charge in [0, 0.05) is 0 Å². The van der Waals surface area contributed by atoms with Crippen LogP contribution >= 0.6 is 0 Å². The van der Waals surface area contributed by atoms with E-state index in [1.54, 1.807) is 44.9 Å². The zero-order valence-electron chi connectivity index (χ0n) is 28.1. The molecule has 12 atom stereocenters. The minimum Gasteiger partial charge on any atom is -0.0654 e. The molecule has 0 bridgehead atoms. The van der Waals surface area contributed by atoms with Crippen molar-refractivity contribution in [2.45, 2.75) is 165 Å². The molecule has 5 aliphatic carbocycles. The van der Waals surface area contributed by atoms with E-state index >= 15 is 0 Å². The van der Waals surface area contributed by atoms with Gasteiger partial charge >= 0.3 is 0 Å². The maximum absolute atomic E-state index is 2.62. The zero-order chi connectivity index (χ0) is 28.1. The van der Waals surface area contributed by atoms with Gasteiger partial charge in [0.05, 0.1) is 0 Å². The van der Waals surface area contributed by atoms with Crippen molar-refractivity contribution in [3.63, 3.8) is 0 Å². The average Bonchev–Trinajstić information content (AvgIpc) is 3.58. The summed E-state index contributed by atoms with van der Waals surface area (Å²) < 4.78 is 0. The lowest BCUT2D eigenvalue weighted by molar-refractivity contribution is -0.0149. The van der Waals surface area contributed by atoms with Crippen LogP contribution in [-0.2, 0) is 0 Å². The number of rotatable bonds is 7. The van der Waals surface area contributed by atoms with Crippen molar-refractivity contribution in [3.8, 4) is 0 Å². The lowest BCUT2D eigenvalue weighted by Crippen LogP contribution is -2.43. The molecule has 5 rings (SSSR count). The summed E-state index contributed by atoms with van der Waals surface area (Å²) in [6.45, 7) is 19.8. The van der Waals surface area contributed by atoms with E-state index in [-0.39, 0.29) is 0 Å². The highest BCUT2D eigenvalue weighted by Gasteiger charge is 2.48. The Morgan fingerprint density at radius 1 is 0.538 bits per heavy atom. The van der Waals surface area contributed by atoms with E-state index in [0.717, 1.165) is 82.9 Å². The first-order valence-corrected chi connectivity index (χ1v) is 18.8. The van der Waals surface area contributed by atoms with Crippen LogP contribution in [0.4, 0.5) is 0 Å². The molecule has 0 aromatic heterocycles. The second kappa shape index (κ2) is 14.9. The molecule has 0 heterocycles. The summed E-state index contributed by atoms with van der Waals surface area (Å²) in [6, 6.07) is 0. The normalized spacial score (nSPS) is 48.3. The molecule has 0 aromatic carbocycles. The topological polar surface area (TPSA) is 0 Å². The largest absolute Gasteiger partial charge is 0.0654 e. The Hall–Kier alpha value is 0. The van der Waals surface area contributed by atoms with Crippen molar-refractivity contribution in [1.29, 1.82) is 0 Å². The third-order valence-corrected chi connectivity index (χ3v) is 14.3. The van der Waals surface area contributed by atoms with Crippen molar-refractivity contribution in [1.82, 2.24) is 0 Å². The van der Waals surface area contributed by atoms with Crippen LogP contribution < -0.4 is 0 Å². The summed E-state index contributed by atoms with van der Waals surface area (Å²) in [4.78, 5) is 0. The summed E-state index contributed by atoms with van der Waals surface area (Å²) in [5, 5.41) is 0. The van der Waals surface area contributed by atoms with Crippen LogP contribution in [0.2, 0.25) is 0 Å². The molecule has 5 aliphatic rings. The van der Waals surface area contributed by atoms with E-state index in [0.29, 0.717) is 0 Å². The second-order valence-electron chi connectivity index (χ2n) is 16.6. The summed E-state index contributed by atoms with van der Waals surface area (Å²) in [5.74, 6) is 14.6. The van der Waals surface area contributed by atoms with Crippen LogP contribution in [0.15, 0.2) is 0 Å². The number of fused-ring (bicyclic) bond motifs is 1. The molecule has 0 N–H and O–H groups in total. The molecular weight excluding hydrogens is 468 g/mol. The zero-order valence-corrected chi connectivity index (χ0v) is 28.1. The molecule has 228 valence electrons. The number of unbranched alkanes of at least 4 members (excludes halogenated alkanes) is 1. The van der Waals surface area contributed by atoms with Gasteiger partial charge in [-0.3, -0.25) is 0 Å². The van der Waals surface area contributed by atoms with E-state index in [1.807, 2.05) is 0 Å². The van der Waals surface area contributed by atoms with Crippen LogP contribution in [-0.4, -0.2) is 0 Å². The van der Waals surface area contributed by atoms with Gasteiger partial charge in [0.2, 0.25) is 0 Å². The minimum atomic E-state index is 0.958. The van der Waals surface area contributed by atoms with E-state index in [2.05, 4.69) is 55.4 Å². The maximum atomic E-state index is 2.62. The third kappa shape index (κ3) is 7.70. The van der Waals surface area contributed by atoms with E-state index < -0.39 is 0 Å². The highest BCUT2D eigenvalue weighted by Crippen LogP contribution is 2.57. The van der Waals surface area contributed by atoms with Crippen LogP contribution in [0.3, 0.4) is 0 Å². The van der Waals surface area contributed by atoms with Gasteiger partial charge in [0.1, 0.15) is 0 Å². The maximum Gasteiger partial charge on any atom is -0.0324 e. The highest BCUT2D eigenvalue weighted by molar-refractivity contribution is 4.98. The standard InChI is InChI=1S/C24H44.C15H28/c1-5-8-11-22-17(4)15-20-10-9-12-23(20)24(22)21-14-13-18(6-2)19(7-3)16-21;1-10-5-6-14(7-10)15-8-11(2)13(4)12(3)9-15/h17-24H,5-16H2,1-4H3;10-15H,5-9H2,1-4H3. The lowest BCUT2D eigenvalue weighted by atomic mass is 9.55. The Bertz CT molecular complexity index is 682. The van der Waals surface area contributed by atoms with Crippen LogP contribution in [0, 0.1) is 82.9 Å². The Labute approximate surface area is 247 Å². The molecule has 0 amide bonds. The van der Waals surface area contributed by atoms with Crippen molar-refractivity contribution >= 4 is 0 Å². The quantitative estimate of drug-likeness (QED) is 0.301. The van der Waals surface area contributed by atoms with Crippen LogP contribution in [0.25, 0.3) is 0 Å². The summed E-state index contributed by atoms with van der Waals surface area (Å²) >= 11 is 0. The molecule has 0 nitrogen and oxygen atoms in total. The lowest BCUT2D eigenvalue weighted by Gasteiger charge is -2.51. The first kappa shape index (κ1) is 31.9. The summed E-state index contributed by atoms with van der Waals surface area (Å²) in [7, 11) is 0. The monoisotopic (exact) mass is 541 g/mol. The fourth-order valence-electron chi connectivity index (χ4n) is 11.7. The van der Waals surface area contributed by atoms with Gasteiger partial charge in [-0.25, -0.2) is 0 Å². The molecule has 39 heavy (non-hydrogen) atoms. The van der Waals surface area contributed by atoms with Gasteiger partial charge in [-0.1, -0.05) is 100 Å². The van der Waals surface area contributed by atoms with Gasteiger partial charge in [0.15, 0.2) is 0 Å². The van der Waals surface area contributed by atoms with E-state index in [1.165, 1.54) is 64.2 Å². The van der Waals surface area contributed by atoms with Crippen molar-refractivity contribution < 1.29 is 0 Å². The molecule has 0 radical (unpaired) electrons. The Kier molecular flexibility index (Phi) is 12.2. The molecule has 0 heteroatoms. The Morgan fingerprint density at radius 3 is 1.82 bits per heavy atom. The second-order valence-corrected chi connectivity index (χ2v) is 16.6. The molecule has 5 saturated carbocycles. The Morgan fingerprint density at radius 2 is 1.21 bits per heavy atom. The fourth-order valence-corrected chi connectivity index (χ4v) is 11.7.